The molecule has 0 aliphatic carbocycles. The predicted molar refractivity (Wildman–Crippen MR) is 106 cm³/mol. The normalized spacial score (nSPS) is 11.4. The number of ether oxygens (including phenoxy) is 3. The Bertz CT molecular complexity index is 742. The van der Waals surface area contributed by atoms with Gasteiger partial charge in [-0.2, -0.15) is 0 Å². The van der Waals surface area contributed by atoms with E-state index in [4.69, 9.17) is 14.2 Å². The number of thioether (sulfide) groups is 1. The summed E-state index contributed by atoms with van der Waals surface area (Å²) < 4.78 is 15.8. The third-order valence-electron chi connectivity index (χ3n) is 3.88. The molecule has 0 spiro atoms. The molecule has 2 aromatic rings. The Morgan fingerprint density at radius 3 is 2.15 bits per heavy atom. The van der Waals surface area contributed by atoms with Gasteiger partial charge in [-0.1, -0.05) is 12.1 Å². The first kappa shape index (κ1) is 20.7. The Labute approximate surface area is 163 Å². The summed E-state index contributed by atoms with van der Waals surface area (Å²) >= 11 is 1.63. The van der Waals surface area contributed by atoms with E-state index in [-0.39, 0.29) is 6.54 Å². The number of amides is 2. The molecule has 8 heteroatoms. The molecule has 2 aromatic carbocycles. The van der Waals surface area contributed by atoms with Crippen molar-refractivity contribution in [3.8, 4) is 17.2 Å². The van der Waals surface area contributed by atoms with Gasteiger partial charge in [-0.25, -0.2) is 4.79 Å². The highest BCUT2D eigenvalue weighted by Gasteiger charge is 2.15. The molecule has 146 valence electrons. The zero-order chi connectivity index (χ0) is 19.8. The summed E-state index contributed by atoms with van der Waals surface area (Å²) in [5.41, 5.74) is 1.21. The fourth-order valence-electron chi connectivity index (χ4n) is 2.46. The van der Waals surface area contributed by atoms with Crippen LogP contribution in [-0.2, 0) is 0 Å². The molecule has 0 heterocycles. The lowest BCUT2D eigenvalue weighted by Crippen LogP contribution is -2.32. The van der Waals surface area contributed by atoms with Gasteiger partial charge in [0.15, 0.2) is 11.5 Å². The van der Waals surface area contributed by atoms with Crippen molar-refractivity contribution >= 4 is 23.5 Å². The van der Waals surface area contributed by atoms with Crippen molar-refractivity contribution in [3.05, 3.63) is 42.0 Å². The van der Waals surface area contributed by atoms with E-state index in [1.54, 1.807) is 23.9 Å². The minimum absolute atomic E-state index is 0.0782. The van der Waals surface area contributed by atoms with Crippen molar-refractivity contribution in [2.24, 2.45) is 0 Å². The number of carbonyl (C=O) groups excluding carboxylic acids is 1. The Kier molecular flexibility index (Phi) is 7.63. The summed E-state index contributed by atoms with van der Waals surface area (Å²) in [6.07, 6.45) is 1.19. The Morgan fingerprint density at radius 1 is 1.07 bits per heavy atom. The molecular formula is C19H24N2O5S. The molecule has 3 N–H and O–H groups in total. The van der Waals surface area contributed by atoms with Gasteiger partial charge in [0, 0.05) is 23.6 Å². The van der Waals surface area contributed by atoms with Crippen LogP contribution in [0.5, 0.6) is 17.2 Å². The zero-order valence-corrected chi connectivity index (χ0v) is 16.6. The van der Waals surface area contributed by atoms with Gasteiger partial charge in [0.05, 0.1) is 33.1 Å². The van der Waals surface area contributed by atoms with Crippen LogP contribution in [0.15, 0.2) is 41.3 Å². The van der Waals surface area contributed by atoms with E-state index < -0.39 is 12.1 Å². The number of urea groups is 1. The van der Waals surface area contributed by atoms with Crippen molar-refractivity contribution in [1.29, 1.82) is 0 Å². The molecule has 2 rings (SSSR count). The van der Waals surface area contributed by atoms with Crippen LogP contribution >= 0.6 is 11.8 Å². The van der Waals surface area contributed by atoms with E-state index in [0.717, 1.165) is 10.5 Å². The average Bonchev–Trinajstić information content (AvgIpc) is 2.71. The van der Waals surface area contributed by atoms with Crippen molar-refractivity contribution in [2.75, 3.05) is 39.4 Å². The van der Waals surface area contributed by atoms with Crippen LogP contribution < -0.4 is 24.8 Å². The van der Waals surface area contributed by atoms with Crippen LogP contribution in [0.1, 0.15) is 11.7 Å². The van der Waals surface area contributed by atoms with Crippen molar-refractivity contribution < 1.29 is 24.1 Å². The second-order valence-corrected chi connectivity index (χ2v) is 6.42. The van der Waals surface area contributed by atoms with Crippen molar-refractivity contribution in [1.82, 2.24) is 5.32 Å². The Balaban J connectivity index is 1.98. The van der Waals surface area contributed by atoms with Gasteiger partial charge in [-0.15, -0.1) is 11.8 Å². The molecule has 2 amide bonds. The highest BCUT2D eigenvalue weighted by Crippen LogP contribution is 2.39. The maximum atomic E-state index is 12.2. The van der Waals surface area contributed by atoms with E-state index in [1.807, 2.05) is 30.5 Å². The quantitative estimate of drug-likeness (QED) is 0.598. The Morgan fingerprint density at radius 2 is 1.67 bits per heavy atom. The van der Waals surface area contributed by atoms with Crippen LogP contribution in [0.2, 0.25) is 0 Å². The van der Waals surface area contributed by atoms with Gasteiger partial charge >= 0.3 is 6.03 Å². The number of nitrogens with one attached hydrogen (secondary N) is 2. The molecular weight excluding hydrogens is 368 g/mol. The largest absolute Gasteiger partial charge is 0.493 e. The fourth-order valence-corrected chi connectivity index (χ4v) is 2.87. The van der Waals surface area contributed by atoms with Crippen LogP contribution in [0.4, 0.5) is 10.5 Å². The molecule has 0 bridgehead atoms. The number of aliphatic hydroxyl groups is 1. The molecule has 27 heavy (non-hydrogen) atoms. The summed E-state index contributed by atoms with van der Waals surface area (Å²) in [4.78, 5) is 13.3. The fraction of sp³-hybridized carbons (Fsp3) is 0.316. The molecule has 1 unspecified atom stereocenters. The molecule has 0 radical (unpaired) electrons. The smallest absolute Gasteiger partial charge is 0.319 e. The number of anilines is 1. The van der Waals surface area contributed by atoms with Gasteiger partial charge < -0.3 is 30.0 Å². The van der Waals surface area contributed by atoms with Crippen molar-refractivity contribution in [2.45, 2.75) is 11.0 Å². The third-order valence-corrected chi connectivity index (χ3v) is 4.62. The van der Waals surface area contributed by atoms with Crippen LogP contribution in [0, 0.1) is 0 Å². The van der Waals surface area contributed by atoms with E-state index >= 15 is 0 Å². The zero-order valence-electron chi connectivity index (χ0n) is 15.7. The summed E-state index contributed by atoms with van der Waals surface area (Å²) in [7, 11) is 4.51. The van der Waals surface area contributed by atoms with Gasteiger partial charge in [0.25, 0.3) is 0 Å². The van der Waals surface area contributed by atoms with Crippen molar-refractivity contribution in [3.63, 3.8) is 0 Å². The third kappa shape index (κ3) is 5.45. The second-order valence-electron chi connectivity index (χ2n) is 5.54. The van der Waals surface area contributed by atoms with Gasteiger partial charge in [-0.3, -0.25) is 0 Å². The van der Waals surface area contributed by atoms with Gasteiger partial charge in [-0.05, 0) is 24.0 Å². The second kappa shape index (κ2) is 9.94. The van der Waals surface area contributed by atoms with Gasteiger partial charge in [0.2, 0.25) is 5.75 Å². The standard InChI is InChI=1S/C19H24N2O5S/c1-24-16-9-13(10-17(25-2)18(16)26-3)21-19(23)20-11-15(22)12-5-7-14(27-4)8-6-12/h5-10,15,22H,11H2,1-4H3,(H2,20,21,23). The highest BCUT2D eigenvalue weighted by atomic mass is 32.2. The van der Waals surface area contributed by atoms with E-state index in [9.17, 15) is 9.90 Å². The van der Waals surface area contributed by atoms with Gasteiger partial charge in [0.1, 0.15) is 0 Å². The first-order chi connectivity index (χ1) is 13.0. The summed E-state index contributed by atoms with van der Waals surface area (Å²) in [5, 5.41) is 15.6. The lowest BCUT2D eigenvalue weighted by atomic mass is 10.1. The first-order valence-electron chi connectivity index (χ1n) is 8.19. The lowest BCUT2D eigenvalue weighted by molar-refractivity contribution is 0.175. The van der Waals surface area contributed by atoms with E-state index in [0.29, 0.717) is 22.9 Å². The number of carbonyl (C=O) groups is 1. The number of benzene rings is 2. The SMILES string of the molecule is COc1cc(NC(=O)NCC(O)c2ccc(SC)cc2)cc(OC)c1OC. The van der Waals surface area contributed by atoms with Crippen LogP contribution in [-0.4, -0.2) is 45.3 Å². The molecule has 0 aromatic heterocycles. The lowest BCUT2D eigenvalue weighted by Gasteiger charge is -2.16. The molecule has 0 saturated heterocycles. The topological polar surface area (TPSA) is 89.1 Å². The summed E-state index contributed by atoms with van der Waals surface area (Å²) in [6, 6.07) is 10.3. The molecule has 1 atom stereocenters. The average molecular weight is 392 g/mol. The molecule has 0 saturated carbocycles. The number of methoxy groups -OCH3 is 3. The molecule has 0 aliphatic rings. The molecule has 7 nitrogen and oxygen atoms in total. The van der Waals surface area contributed by atoms with Crippen LogP contribution in [0.25, 0.3) is 0 Å². The number of hydrogen-bond acceptors (Lipinski definition) is 6. The predicted octanol–water partition coefficient (Wildman–Crippen LogP) is 3.29. The molecule has 0 aliphatic heterocycles. The monoisotopic (exact) mass is 392 g/mol. The number of aliphatic hydroxyl groups excluding tert-OH is 1. The number of rotatable bonds is 8. The summed E-state index contributed by atoms with van der Waals surface area (Å²) in [6.45, 7) is 0.0782. The summed E-state index contributed by atoms with van der Waals surface area (Å²) in [5.74, 6) is 1.30. The van der Waals surface area contributed by atoms with E-state index in [1.165, 1.54) is 21.3 Å². The highest BCUT2D eigenvalue weighted by molar-refractivity contribution is 7.98. The Hall–Kier alpha value is -2.58. The maximum Gasteiger partial charge on any atom is 0.319 e. The minimum atomic E-state index is -0.799. The molecule has 0 fully saturated rings. The number of hydrogen-bond donors (Lipinski definition) is 3. The van der Waals surface area contributed by atoms with Crippen LogP contribution in [0.3, 0.4) is 0 Å². The van der Waals surface area contributed by atoms with E-state index in [2.05, 4.69) is 10.6 Å². The minimum Gasteiger partial charge on any atom is -0.493 e. The maximum absolute atomic E-state index is 12.2. The first-order valence-corrected chi connectivity index (χ1v) is 9.41.